The maximum absolute atomic E-state index is 11.6. The number of imidazole rings is 1. The van der Waals surface area contributed by atoms with E-state index in [4.69, 9.17) is 15.5 Å². The molecule has 0 bridgehead atoms. The van der Waals surface area contributed by atoms with Gasteiger partial charge in [-0.3, -0.25) is 14.3 Å². The van der Waals surface area contributed by atoms with Crippen molar-refractivity contribution in [3.05, 3.63) is 29.3 Å². The molecule has 0 saturated carbocycles. The standard InChI is InChI=1S/C10H14N5O4P/c1-2-6(4-20(17,18)19)3-15-5-12-7-8(15)13-10(11)14-9(7)16/h2,5-6H,1,3-4H2,(H2,17,18,19)(H3,11,13,14,16)/t6-/m1/s1. The third-order valence-corrected chi connectivity index (χ3v) is 3.67. The predicted octanol–water partition coefficient (Wildman–Crippen LogP) is -0.318. The molecule has 20 heavy (non-hydrogen) atoms. The van der Waals surface area contributed by atoms with Crippen LogP contribution in [0.15, 0.2) is 23.8 Å². The highest BCUT2D eigenvalue weighted by Gasteiger charge is 2.21. The number of nitrogens with one attached hydrogen (secondary N) is 1. The van der Waals surface area contributed by atoms with Crippen molar-refractivity contribution in [1.29, 1.82) is 0 Å². The van der Waals surface area contributed by atoms with E-state index in [2.05, 4.69) is 21.5 Å². The second-order valence-electron chi connectivity index (χ2n) is 4.36. The molecular formula is C10H14N5O4P. The van der Waals surface area contributed by atoms with E-state index in [0.717, 1.165) is 0 Å². The summed E-state index contributed by atoms with van der Waals surface area (Å²) in [6.45, 7) is 3.75. The number of aromatic nitrogens is 4. The Morgan fingerprint density at radius 3 is 2.90 bits per heavy atom. The molecule has 2 heterocycles. The highest BCUT2D eigenvalue weighted by molar-refractivity contribution is 7.51. The number of nitrogens with two attached hydrogens (primary N) is 1. The summed E-state index contributed by atoms with van der Waals surface area (Å²) in [4.78, 5) is 39.8. The van der Waals surface area contributed by atoms with Crippen molar-refractivity contribution in [2.45, 2.75) is 6.54 Å². The molecule has 2 rings (SSSR count). The van der Waals surface area contributed by atoms with Crippen molar-refractivity contribution in [3.8, 4) is 0 Å². The first kappa shape index (κ1) is 14.4. The number of fused-ring (bicyclic) bond motifs is 1. The first-order valence-electron chi connectivity index (χ1n) is 5.68. The van der Waals surface area contributed by atoms with Crippen molar-refractivity contribution in [2.24, 2.45) is 5.92 Å². The molecule has 108 valence electrons. The van der Waals surface area contributed by atoms with E-state index in [1.807, 2.05) is 0 Å². The fourth-order valence-electron chi connectivity index (χ4n) is 1.87. The van der Waals surface area contributed by atoms with Gasteiger partial charge in [-0.15, -0.1) is 6.58 Å². The third-order valence-electron chi connectivity index (χ3n) is 2.73. The first-order chi connectivity index (χ1) is 9.30. The number of anilines is 1. The van der Waals surface area contributed by atoms with Crippen LogP contribution in [0.3, 0.4) is 0 Å². The van der Waals surface area contributed by atoms with Crippen LogP contribution in [0.4, 0.5) is 5.95 Å². The summed E-state index contributed by atoms with van der Waals surface area (Å²) in [6.07, 6.45) is 2.48. The zero-order valence-corrected chi connectivity index (χ0v) is 11.3. The van der Waals surface area contributed by atoms with Gasteiger partial charge in [-0.25, -0.2) is 4.98 Å². The largest absolute Gasteiger partial charge is 0.369 e. The van der Waals surface area contributed by atoms with Gasteiger partial charge >= 0.3 is 7.60 Å². The van der Waals surface area contributed by atoms with Gasteiger partial charge in [-0.05, 0) is 0 Å². The lowest BCUT2D eigenvalue weighted by molar-refractivity contribution is 0.363. The van der Waals surface area contributed by atoms with E-state index in [1.54, 1.807) is 0 Å². The van der Waals surface area contributed by atoms with Gasteiger partial charge in [-0.1, -0.05) is 6.08 Å². The number of H-pyrrole nitrogens is 1. The van der Waals surface area contributed by atoms with Crippen LogP contribution in [0.1, 0.15) is 0 Å². The topological polar surface area (TPSA) is 147 Å². The van der Waals surface area contributed by atoms with Gasteiger partial charge in [0.15, 0.2) is 11.2 Å². The Kier molecular flexibility index (Phi) is 3.76. The Morgan fingerprint density at radius 1 is 1.60 bits per heavy atom. The summed E-state index contributed by atoms with van der Waals surface area (Å²) < 4.78 is 12.5. The van der Waals surface area contributed by atoms with Crippen molar-refractivity contribution >= 4 is 24.7 Å². The fraction of sp³-hybridized carbons (Fsp3) is 0.300. The number of allylic oxidation sites excluding steroid dienone is 1. The summed E-state index contributed by atoms with van der Waals surface area (Å²) in [5.74, 6) is -0.523. The van der Waals surface area contributed by atoms with Gasteiger partial charge in [0.1, 0.15) is 0 Å². The lowest BCUT2D eigenvalue weighted by Gasteiger charge is -2.14. The van der Waals surface area contributed by atoms with Crippen LogP contribution < -0.4 is 11.3 Å². The number of aromatic amines is 1. The highest BCUT2D eigenvalue weighted by atomic mass is 31.2. The molecule has 2 aromatic heterocycles. The summed E-state index contributed by atoms with van der Waals surface area (Å²) >= 11 is 0. The van der Waals surface area contributed by atoms with Crippen molar-refractivity contribution < 1.29 is 14.4 Å². The van der Waals surface area contributed by atoms with E-state index in [-0.39, 0.29) is 29.8 Å². The van der Waals surface area contributed by atoms with Crippen LogP contribution in [-0.2, 0) is 11.1 Å². The van der Waals surface area contributed by atoms with Crippen LogP contribution in [-0.4, -0.2) is 35.5 Å². The Labute approximate surface area is 113 Å². The van der Waals surface area contributed by atoms with Crippen LogP contribution in [0.25, 0.3) is 11.2 Å². The lowest BCUT2D eigenvalue weighted by Crippen LogP contribution is -2.15. The van der Waals surface area contributed by atoms with E-state index in [0.29, 0.717) is 0 Å². The highest BCUT2D eigenvalue weighted by Crippen LogP contribution is 2.37. The first-order valence-corrected chi connectivity index (χ1v) is 7.47. The van der Waals surface area contributed by atoms with E-state index >= 15 is 0 Å². The predicted molar refractivity (Wildman–Crippen MR) is 73.2 cm³/mol. The van der Waals surface area contributed by atoms with E-state index in [9.17, 15) is 9.36 Å². The van der Waals surface area contributed by atoms with Gasteiger partial charge < -0.3 is 20.1 Å². The number of rotatable bonds is 5. The summed E-state index contributed by atoms with van der Waals surface area (Å²) in [5.41, 5.74) is 5.39. The Bertz CT molecular complexity index is 746. The average molecular weight is 299 g/mol. The molecule has 0 aromatic carbocycles. The molecule has 5 N–H and O–H groups in total. The van der Waals surface area contributed by atoms with Gasteiger partial charge in [0.2, 0.25) is 5.95 Å². The Hall–Kier alpha value is -1.96. The van der Waals surface area contributed by atoms with Gasteiger partial charge in [0.25, 0.3) is 5.56 Å². The summed E-state index contributed by atoms with van der Waals surface area (Å²) in [5, 5.41) is 0. The van der Waals surface area contributed by atoms with Crippen LogP contribution in [0, 0.1) is 5.92 Å². The molecule has 0 saturated heterocycles. The van der Waals surface area contributed by atoms with Crippen LogP contribution in [0.5, 0.6) is 0 Å². The molecule has 0 amide bonds. The lowest BCUT2D eigenvalue weighted by atomic mass is 10.2. The third kappa shape index (κ3) is 3.13. The number of nitrogens with zero attached hydrogens (tertiary/aromatic N) is 3. The molecule has 0 aliphatic carbocycles. The van der Waals surface area contributed by atoms with Crippen molar-refractivity contribution in [1.82, 2.24) is 19.5 Å². The molecule has 0 fully saturated rings. The summed E-state index contributed by atoms with van der Waals surface area (Å²) in [7, 11) is -4.15. The number of hydrogen-bond acceptors (Lipinski definition) is 5. The van der Waals surface area contributed by atoms with Gasteiger partial charge in [0.05, 0.1) is 12.5 Å². The second kappa shape index (κ2) is 5.20. The SMILES string of the molecule is C=C[C@H](Cn1cnc2c(=O)[nH]c(N)nc21)CP(=O)(O)O. The van der Waals surface area contributed by atoms with Gasteiger partial charge in [-0.2, -0.15) is 4.98 Å². The van der Waals surface area contributed by atoms with Crippen LogP contribution >= 0.6 is 7.60 Å². The van der Waals surface area contributed by atoms with E-state index < -0.39 is 19.1 Å². The smallest absolute Gasteiger partial charge is 0.326 e. The summed E-state index contributed by atoms with van der Waals surface area (Å²) in [6, 6.07) is 0. The minimum Gasteiger partial charge on any atom is -0.369 e. The van der Waals surface area contributed by atoms with E-state index in [1.165, 1.54) is 17.0 Å². The average Bonchev–Trinajstić information content (AvgIpc) is 2.70. The van der Waals surface area contributed by atoms with Crippen molar-refractivity contribution in [2.75, 3.05) is 11.9 Å². The maximum atomic E-state index is 11.6. The molecule has 0 unspecified atom stereocenters. The molecule has 0 aliphatic rings. The Morgan fingerprint density at radius 2 is 2.30 bits per heavy atom. The molecule has 10 heteroatoms. The second-order valence-corrected chi connectivity index (χ2v) is 6.06. The molecule has 2 aromatic rings. The quantitative estimate of drug-likeness (QED) is 0.437. The van der Waals surface area contributed by atoms with Crippen LogP contribution in [0.2, 0.25) is 0 Å². The number of nitrogen functional groups attached to an aromatic ring is 1. The zero-order chi connectivity index (χ0) is 14.9. The maximum Gasteiger partial charge on any atom is 0.326 e. The fourth-order valence-corrected chi connectivity index (χ4v) is 2.74. The van der Waals surface area contributed by atoms with Crippen molar-refractivity contribution in [3.63, 3.8) is 0 Å². The minimum absolute atomic E-state index is 0.0469. The number of hydrogen-bond donors (Lipinski definition) is 4. The molecule has 9 nitrogen and oxygen atoms in total. The molecular weight excluding hydrogens is 285 g/mol. The normalized spacial score (nSPS) is 13.5. The monoisotopic (exact) mass is 299 g/mol. The van der Waals surface area contributed by atoms with Gasteiger partial charge in [0, 0.05) is 12.5 Å². The zero-order valence-electron chi connectivity index (χ0n) is 10.4. The molecule has 1 atom stereocenters. The molecule has 0 radical (unpaired) electrons. The molecule has 0 aliphatic heterocycles. The Balaban J connectivity index is 2.36. The minimum atomic E-state index is -4.15. The molecule has 0 spiro atoms.